The molecule has 146 valence electrons. The van der Waals surface area contributed by atoms with Gasteiger partial charge in [-0.25, -0.2) is 4.98 Å². The molecule has 0 radical (unpaired) electrons. The fourth-order valence-corrected chi connectivity index (χ4v) is 6.20. The summed E-state index contributed by atoms with van der Waals surface area (Å²) in [6, 6.07) is 8.34. The van der Waals surface area contributed by atoms with Crippen molar-refractivity contribution in [2.24, 2.45) is 10.8 Å². The summed E-state index contributed by atoms with van der Waals surface area (Å²) in [5, 5.41) is 10.1. The highest BCUT2D eigenvalue weighted by Crippen LogP contribution is 2.52. The van der Waals surface area contributed by atoms with Gasteiger partial charge in [0.2, 0.25) is 11.1 Å². The molecule has 3 aromatic rings. The number of carbonyl (C=O) groups is 1. The summed E-state index contributed by atoms with van der Waals surface area (Å²) in [5.41, 5.74) is 3.06. The molecule has 2 fully saturated rings. The average molecular weight is 396 g/mol. The summed E-state index contributed by atoms with van der Waals surface area (Å²) in [6.45, 7) is 7.86. The number of nitrogens with zero attached hydrogens (tertiary/aromatic N) is 4. The van der Waals surface area contributed by atoms with Crippen LogP contribution in [-0.2, 0) is 4.79 Å². The van der Waals surface area contributed by atoms with Crippen LogP contribution in [0.25, 0.3) is 22.1 Å². The number of thioether (sulfide) groups is 1. The summed E-state index contributed by atoms with van der Waals surface area (Å²) in [7, 11) is 0. The van der Waals surface area contributed by atoms with E-state index in [1.54, 1.807) is 0 Å². The van der Waals surface area contributed by atoms with Crippen LogP contribution in [0.1, 0.15) is 40.0 Å². The van der Waals surface area contributed by atoms with E-state index in [-0.39, 0.29) is 11.3 Å². The molecule has 2 bridgehead atoms. The van der Waals surface area contributed by atoms with E-state index in [9.17, 15) is 4.79 Å². The van der Waals surface area contributed by atoms with E-state index >= 15 is 0 Å². The van der Waals surface area contributed by atoms with Gasteiger partial charge in [-0.3, -0.25) is 4.79 Å². The highest BCUT2D eigenvalue weighted by Gasteiger charge is 2.50. The highest BCUT2D eigenvalue weighted by molar-refractivity contribution is 7.99. The van der Waals surface area contributed by atoms with E-state index in [0.29, 0.717) is 22.4 Å². The SMILES string of the molecule is CC1(C)C[C@H]2C[C@@](C)(CN2C(=O)CSc2nnc3c(n2)[nH]c2ccccc23)C1. The minimum Gasteiger partial charge on any atom is -0.338 e. The second-order valence-electron chi connectivity index (χ2n) is 9.49. The Balaban J connectivity index is 1.31. The summed E-state index contributed by atoms with van der Waals surface area (Å²) in [4.78, 5) is 22.9. The minimum absolute atomic E-state index is 0.191. The van der Waals surface area contributed by atoms with Crippen molar-refractivity contribution in [2.45, 2.75) is 51.2 Å². The molecular formula is C21H25N5OS. The number of hydrogen-bond acceptors (Lipinski definition) is 5. The summed E-state index contributed by atoms with van der Waals surface area (Å²) >= 11 is 1.38. The van der Waals surface area contributed by atoms with Gasteiger partial charge in [-0.1, -0.05) is 50.7 Å². The highest BCUT2D eigenvalue weighted by atomic mass is 32.2. The number of hydrogen-bond donors (Lipinski definition) is 1. The zero-order valence-electron chi connectivity index (χ0n) is 16.5. The molecule has 1 aliphatic carbocycles. The third-order valence-electron chi connectivity index (χ3n) is 6.16. The predicted molar refractivity (Wildman–Crippen MR) is 111 cm³/mol. The second kappa shape index (κ2) is 6.17. The largest absolute Gasteiger partial charge is 0.338 e. The van der Waals surface area contributed by atoms with Crippen molar-refractivity contribution in [3.63, 3.8) is 0 Å². The van der Waals surface area contributed by atoms with Gasteiger partial charge in [0, 0.05) is 23.5 Å². The monoisotopic (exact) mass is 395 g/mol. The number of nitrogens with one attached hydrogen (secondary N) is 1. The van der Waals surface area contributed by atoms with Gasteiger partial charge in [0.25, 0.3) is 0 Å². The van der Waals surface area contributed by atoms with Gasteiger partial charge in [-0.2, -0.15) is 0 Å². The number of H-pyrrole nitrogens is 1. The average Bonchev–Trinajstić information content (AvgIpc) is 3.12. The van der Waals surface area contributed by atoms with Crippen molar-refractivity contribution in [2.75, 3.05) is 12.3 Å². The van der Waals surface area contributed by atoms with E-state index in [4.69, 9.17) is 0 Å². The zero-order chi connectivity index (χ0) is 19.5. The lowest BCUT2D eigenvalue weighted by Crippen LogP contribution is -2.38. The molecule has 1 N–H and O–H groups in total. The maximum Gasteiger partial charge on any atom is 0.233 e. The molecular weight excluding hydrogens is 370 g/mol. The molecule has 1 saturated heterocycles. The summed E-state index contributed by atoms with van der Waals surface area (Å²) < 4.78 is 0. The Morgan fingerprint density at radius 2 is 2.07 bits per heavy atom. The van der Waals surface area contributed by atoms with E-state index in [0.717, 1.165) is 41.5 Å². The minimum atomic E-state index is 0.191. The van der Waals surface area contributed by atoms with Crippen molar-refractivity contribution in [1.29, 1.82) is 0 Å². The van der Waals surface area contributed by atoms with Crippen LogP contribution in [-0.4, -0.2) is 49.3 Å². The van der Waals surface area contributed by atoms with Gasteiger partial charge < -0.3 is 9.88 Å². The molecule has 28 heavy (non-hydrogen) atoms. The Morgan fingerprint density at radius 3 is 2.93 bits per heavy atom. The van der Waals surface area contributed by atoms with Gasteiger partial charge in [0.1, 0.15) is 5.52 Å². The molecule has 1 saturated carbocycles. The van der Waals surface area contributed by atoms with Crippen LogP contribution in [0.2, 0.25) is 0 Å². The van der Waals surface area contributed by atoms with Crippen LogP contribution in [0.5, 0.6) is 0 Å². The van der Waals surface area contributed by atoms with Crippen molar-refractivity contribution in [3.8, 4) is 0 Å². The van der Waals surface area contributed by atoms with Crippen LogP contribution in [0, 0.1) is 10.8 Å². The first kappa shape index (κ1) is 17.9. The number of aromatic nitrogens is 4. The number of carbonyl (C=O) groups excluding carboxylic acids is 1. The summed E-state index contributed by atoms with van der Waals surface area (Å²) in [6.07, 6.45) is 3.42. The van der Waals surface area contributed by atoms with Crippen LogP contribution in [0.4, 0.5) is 0 Å². The van der Waals surface area contributed by atoms with Crippen LogP contribution in [0.15, 0.2) is 29.4 Å². The van der Waals surface area contributed by atoms with Crippen molar-refractivity contribution >= 4 is 39.7 Å². The van der Waals surface area contributed by atoms with Gasteiger partial charge >= 0.3 is 0 Å². The van der Waals surface area contributed by atoms with Gasteiger partial charge in [-0.05, 0) is 36.2 Å². The lowest BCUT2D eigenvalue weighted by atomic mass is 9.65. The zero-order valence-corrected chi connectivity index (χ0v) is 17.3. The topological polar surface area (TPSA) is 74.8 Å². The quantitative estimate of drug-likeness (QED) is 0.678. The van der Waals surface area contributed by atoms with Crippen LogP contribution >= 0.6 is 11.8 Å². The number of aromatic amines is 1. The Labute approximate surface area is 168 Å². The summed E-state index contributed by atoms with van der Waals surface area (Å²) in [5.74, 6) is 0.553. The van der Waals surface area contributed by atoms with E-state index < -0.39 is 0 Å². The third kappa shape index (κ3) is 3.05. The van der Waals surface area contributed by atoms with Crippen LogP contribution < -0.4 is 0 Å². The lowest BCUT2D eigenvalue weighted by molar-refractivity contribution is -0.129. The first-order valence-corrected chi connectivity index (χ1v) is 10.8. The van der Waals surface area contributed by atoms with Crippen molar-refractivity contribution in [1.82, 2.24) is 25.1 Å². The molecule has 1 aromatic carbocycles. The maximum atomic E-state index is 12.9. The molecule has 2 aromatic heterocycles. The maximum absolute atomic E-state index is 12.9. The Bertz CT molecular complexity index is 1080. The second-order valence-corrected chi connectivity index (χ2v) is 10.4. The molecule has 1 amide bonds. The number of para-hydroxylation sites is 1. The number of amides is 1. The number of fused-ring (bicyclic) bond motifs is 5. The van der Waals surface area contributed by atoms with Gasteiger partial charge in [0.15, 0.2) is 5.65 Å². The van der Waals surface area contributed by atoms with E-state index in [1.165, 1.54) is 18.2 Å². The smallest absolute Gasteiger partial charge is 0.233 e. The van der Waals surface area contributed by atoms with Gasteiger partial charge in [0.05, 0.1) is 5.75 Å². The third-order valence-corrected chi connectivity index (χ3v) is 6.98. The first-order chi connectivity index (χ1) is 13.3. The predicted octanol–water partition coefficient (Wildman–Crippen LogP) is 4.03. The molecule has 3 heterocycles. The first-order valence-electron chi connectivity index (χ1n) is 9.85. The van der Waals surface area contributed by atoms with Crippen LogP contribution in [0.3, 0.4) is 0 Å². The molecule has 0 unspecified atom stereocenters. The van der Waals surface area contributed by atoms with Crippen molar-refractivity contribution < 1.29 is 4.79 Å². The Kier molecular flexibility index (Phi) is 3.95. The normalized spacial score (nSPS) is 26.2. The fourth-order valence-electron chi connectivity index (χ4n) is 5.53. The van der Waals surface area contributed by atoms with Crippen molar-refractivity contribution in [3.05, 3.63) is 24.3 Å². The molecule has 7 heteroatoms. The number of benzene rings is 1. The molecule has 0 spiro atoms. The molecule has 5 rings (SSSR count). The molecule has 2 atom stereocenters. The van der Waals surface area contributed by atoms with E-state index in [1.807, 2.05) is 24.3 Å². The molecule has 6 nitrogen and oxygen atoms in total. The fraction of sp³-hybridized carbons (Fsp3) is 0.524. The van der Waals surface area contributed by atoms with E-state index in [2.05, 4.69) is 45.8 Å². The number of likely N-dealkylation sites (tertiary alicyclic amines) is 1. The Hall–Kier alpha value is -2.15. The lowest BCUT2D eigenvalue weighted by Gasteiger charge is -2.39. The molecule has 2 aliphatic rings. The number of rotatable bonds is 3. The standard InChI is InChI=1S/C21H25N5OS/c1-20(2)8-13-9-21(3,11-20)12-26(13)16(27)10-28-19-23-18-17(24-25-19)14-6-4-5-7-15(14)22-18/h4-7,13H,8-12H2,1-3H3,(H,22,23,25)/t13-,21+/m0/s1. The van der Waals surface area contributed by atoms with Gasteiger partial charge in [-0.15, -0.1) is 10.2 Å². The molecule has 1 aliphatic heterocycles. The Morgan fingerprint density at radius 1 is 1.25 bits per heavy atom.